The van der Waals surface area contributed by atoms with Crippen LogP contribution in [0.2, 0.25) is 0 Å². The summed E-state index contributed by atoms with van der Waals surface area (Å²) in [5.41, 5.74) is 1.81. The lowest BCUT2D eigenvalue weighted by atomic mass is 10.1. The molecule has 6 heteroatoms. The highest BCUT2D eigenvalue weighted by Gasteiger charge is 2.17. The molecule has 6 nitrogen and oxygen atoms in total. The summed E-state index contributed by atoms with van der Waals surface area (Å²) in [6, 6.07) is 15.6. The summed E-state index contributed by atoms with van der Waals surface area (Å²) in [5, 5.41) is 5.60. The van der Waals surface area contributed by atoms with Crippen LogP contribution in [0.5, 0.6) is 5.75 Å². The number of hydrogen-bond acceptors (Lipinski definition) is 4. The van der Waals surface area contributed by atoms with Gasteiger partial charge < -0.3 is 19.8 Å². The Labute approximate surface area is 157 Å². The standard InChI is InChI=1S/C21H20N2O4/c1-13-11-18(14(2)27-13)21(25)23-19-10-5-4-9-17(19)20(24)22-15-7-6-8-16(12-15)26-3/h4-12H,1-3H3,(H,22,24)(H,23,25). The molecule has 1 aromatic heterocycles. The van der Waals surface area contributed by atoms with E-state index in [-0.39, 0.29) is 11.8 Å². The molecule has 0 aliphatic carbocycles. The third kappa shape index (κ3) is 4.17. The number of amides is 2. The summed E-state index contributed by atoms with van der Waals surface area (Å²) in [5.74, 6) is 1.16. The molecule has 0 atom stereocenters. The van der Waals surface area contributed by atoms with Crippen LogP contribution in [0.15, 0.2) is 59.0 Å². The van der Waals surface area contributed by atoms with Gasteiger partial charge in [0.05, 0.1) is 23.9 Å². The maximum Gasteiger partial charge on any atom is 0.259 e. The first kappa shape index (κ1) is 18.3. The number of para-hydroxylation sites is 1. The molecule has 0 saturated carbocycles. The van der Waals surface area contributed by atoms with Crippen molar-refractivity contribution in [2.45, 2.75) is 13.8 Å². The monoisotopic (exact) mass is 364 g/mol. The van der Waals surface area contributed by atoms with Crippen molar-refractivity contribution in [1.29, 1.82) is 0 Å². The van der Waals surface area contributed by atoms with Crippen LogP contribution in [-0.2, 0) is 0 Å². The third-order valence-corrected chi connectivity index (χ3v) is 4.03. The number of carbonyl (C=O) groups excluding carboxylic acids is 2. The molecule has 0 bridgehead atoms. The Bertz CT molecular complexity index is 991. The molecule has 2 aromatic carbocycles. The van der Waals surface area contributed by atoms with Crippen LogP contribution in [-0.4, -0.2) is 18.9 Å². The lowest BCUT2D eigenvalue weighted by Gasteiger charge is -2.12. The average Bonchev–Trinajstić information content (AvgIpc) is 3.00. The number of aryl methyl sites for hydroxylation is 2. The Hall–Kier alpha value is -3.54. The first-order valence-electron chi connectivity index (χ1n) is 8.40. The van der Waals surface area contributed by atoms with Crippen molar-refractivity contribution >= 4 is 23.2 Å². The van der Waals surface area contributed by atoms with Gasteiger partial charge in [0.25, 0.3) is 11.8 Å². The van der Waals surface area contributed by atoms with Crippen molar-refractivity contribution in [2.24, 2.45) is 0 Å². The first-order valence-corrected chi connectivity index (χ1v) is 8.40. The molecule has 2 amide bonds. The molecule has 138 valence electrons. The number of anilines is 2. The highest BCUT2D eigenvalue weighted by Crippen LogP contribution is 2.22. The highest BCUT2D eigenvalue weighted by molar-refractivity contribution is 6.12. The molecule has 0 fully saturated rings. The number of hydrogen-bond donors (Lipinski definition) is 2. The molecule has 2 N–H and O–H groups in total. The number of ether oxygens (including phenoxy) is 1. The fourth-order valence-corrected chi connectivity index (χ4v) is 2.74. The second-order valence-electron chi connectivity index (χ2n) is 6.01. The van der Waals surface area contributed by atoms with Gasteiger partial charge in [-0.1, -0.05) is 18.2 Å². The number of rotatable bonds is 5. The van der Waals surface area contributed by atoms with Crippen molar-refractivity contribution in [3.8, 4) is 5.75 Å². The predicted molar refractivity (Wildman–Crippen MR) is 104 cm³/mol. The summed E-state index contributed by atoms with van der Waals surface area (Å²) in [4.78, 5) is 25.2. The molecule has 3 aromatic rings. The van der Waals surface area contributed by atoms with Crippen molar-refractivity contribution < 1.29 is 18.7 Å². The molecule has 0 radical (unpaired) electrons. The molecule has 0 spiro atoms. The average molecular weight is 364 g/mol. The minimum atomic E-state index is -0.334. The van der Waals surface area contributed by atoms with Crippen LogP contribution < -0.4 is 15.4 Å². The van der Waals surface area contributed by atoms with E-state index in [9.17, 15) is 9.59 Å². The van der Waals surface area contributed by atoms with Gasteiger partial charge in [0.1, 0.15) is 17.3 Å². The first-order chi connectivity index (χ1) is 13.0. The van der Waals surface area contributed by atoms with Crippen LogP contribution in [0.25, 0.3) is 0 Å². The van der Waals surface area contributed by atoms with E-state index < -0.39 is 0 Å². The predicted octanol–water partition coefficient (Wildman–Crippen LogP) is 4.41. The Morgan fingerprint density at radius 1 is 0.889 bits per heavy atom. The molecule has 0 aliphatic rings. The molecular formula is C21H20N2O4. The van der Waals surface area contributed by atoms with E-state index in [0.29, 0.717) is 39.8 Å². The summed E-state index contributed by atoms with van der Waals surface area (Å²) in [7, 11) is 1.56. The van der Waals surface area contributed by atoms with Crippen molar-refractivity contribution in [2.75, 3.05) is 17.7 Å². The number of benzene rings is 2. The summed E-state index contributed by atoms with van der Waals surface area (Å²) < 4.78 is 10.6. The topological polar surface area (TPSA) is 80.6 Å². The van der Waals surface area contributed by atoms with Crippen LogP contribution in [0.4, 0.5) is 11.4 Å². The molecule has 0 saturated heterocycles. The van der Waals surface area contributed by atoms with E-state index in [1.807, 2.05) is 0 Å². The molecule has 3 rings (SSSR count). The van der Waals surface area contributed by atoms with Crippen LogP contribution >= 0.6 is 0 Å². The SMILES string of the molecule is COc1cccc(NC(=O)c2ccccc2NC(=O)c2cc(C)oc2C)c1. The minimum absolute atomic E-state index is 0.328. The van der Waals surface area contributed by atoms with Gasteiger partial charge in [-0.15, -0.1) is 0 Å². The van der Waals surface area contributed by atoms with Gasteiger partial charge in [-0.2, -0.15) is 0 Å². The van der Waals surface area contributed by atoms with Crippen LogP contribution in [0, 0.1) is 13.8 Å². The molecule has 0 unspecified atom stereocenters. The van der Waals surface area contributed by atoms with Gasteiger partial charge in [-0.25, -0.2) is 0 Å². The van der Waals surface area contributed by atoms with Gasteiger partial charge in [-0.05, 0) is 44.2 Å². The summed E-state index contributed by atoms with van der Waals surface area (Å²) >= 11 is 0. The fraction of sp³-hybridized carbons (Fsp3) is 0.143. The van der Waals surface area contributed by atoms with E-state index >= 15 is 0 Å². The van der Waals surface area contributed by atoms with Crippen molar-refractivity contribution in [3.05, 3.63) is 77.2 Å². The van der Waals surface area contributed by atoms with Crippen LogP contribution in [0.1, 0.15) is 32.2 Å². The minimum Gasteiger partial charge on any atom is -0.497 e. The second-order valence-corrected chi connectivity index (χ2v) is 6.01. The Morgan fingerprint density at radius 3 is 2.33 bits per heavy atom. The van der Waals surface area contributed by atoms with Crippen molar-refractivity contribution in [3.63, 3.8) is 0 Å². The Morgan fingerprint density at radius 2 is 1.63 bits per heavy atom. The van der Waals surface area contributed by atoms with E-state index in [1.165, 1.54) is 0 Å². The zero-order valence-electron chi connectivity index (χ0n) is 15.3. The zero-order valence-corrected chi connectivity index (χ0v) is 15.3. The van der Waals surface area contributed by atoms with Gasteiger partial charge in [0.2, 0.25) is 0 Å². The van der Waals surface area contributed by atoms with Gasteiger partial charge >= 0.3 is 0 Å². The fourth-order valence-electron chi connectivity index (χ4n) is 2.74. The number of methoxy groups -OCH3 is 1. The van der Waals surface area contributed by atoms with Crippen LogP contribution in [0.3, 0.4) is 0 Å². The summed E-state index contributed by atoms with van der Waals surface area (Å²) in [6.45, 7) is 3.50. The zero-order chi connectivity index (χ0) is 19.4. The Balaban J connectivity index is 1.81. The largest absolute Gasteiger partial charge is 0.497 e. The highest BCUT2D eigenvalue weighted by atomic mass is 16.5. The van der Waals surface area contributed by atoms with Gasteiger partial charge in [0, 0.05) is 11.8 Å². The normalized spacial score (nSPS) is 10.3. The quantitative estimate of drug-likeness (QED) is 0.703. The van der Waals surface area contributed by atoms with E-state index in [1.54, 1.807) is 75.6 Å². The smallest absolute Gasteiger partial charge is 0.259 e. The van der Waals surface area contributed by atoms with E-state index in [2.05, 4.69) is 10.6 Å². The van der Waals surface area contributed by atoms with Gasteiger partial charge in [0.15, 0.2) is 0 Å². The lowest BCUT2D eigenvalue weighted by Crippen LogP contribution is -2.18. The number of furan rings is 1. The summed E-state index contributed by atoms with van der Waals surface area (Å²) in [6.07, 6.45) is 0. The number of carbonyl (C=O) groups is 2. The maximum atomic E-state index is 12.7. The number of nitrogens with one attached hydrogen (secondary N) is 2. The lowest BCUT2D eigenvalue weighted by molar-refractivity contribution is 0.102. The van der Waals surface area contributed by atoms with E-state index in [4.69, 9.17) is 9.15 Å². The third-order valence-electron chi connectivity index (χ3n) is 4.03. The molecule has 0 aliphatic heterocycles. The van der Waals surface area contributed by atoms with Gasteiger partial charge in [-0.3, -0.25) is 9.59 Å². The molecule has 1 heterocycles. The van der Waals surface area contributed by atoms with E-state index in [0.717, 1.165) is 0 Å². The molecular weight excluding hydrogens is 344 g/mol. The second kappa shape index (κ2) is 7.78. The molecule has 27 heavy (non-hydrogen) atoms. The van der Waals surface area contributed by atoms with Crippen molar-refractivity contribution in [1.82, 2.24) is 0 Å². The Kier molecular flexibility index (Phi) is 5.26. The maximum absolute atomic E-state index is 12.7.